The van der Waals surface area contributed by atoms with E-state index in [1.165, 1.54) is 31.8 Å². The highest BCUT2D eigenvalue weighted by Crippen LogP contribution is 2.19. The molecule has 7 nitrogen and oxygen atoms in total. The first kappa shape index (κ1) is 18.8. The summed E-state index contributed by atoms with van der Waals surface area (Å²) < 4.78 is 18.6. The fourth-order valence-corrected chi connectivity index (χ4v) is 3.01. The van der Waals surface area contributed by atoms with Gasteiger partial charge in [0, 0.05) is 45.0 Å². The van der Waals surface area contributed by atoms with Crippen molar-refractivity contribution >= 4 is 11.8 Å². The Hall–Kier alpha value is -3.03. The number of aryl methyl sites for hydroxylation is 1. The zero-order valence-corrected chi connectivity index (χ0v) is 15.1. The summed E-state index contributed by atoms with van der Waals surface area (Å²) in [6, 6.07) is 4.71. The fourth-order valence-electron chi connectivity index (χ4n) is 3.01. The van der Waals surface area contributed by atoms with E-state index in [-0.39, 0.29) is 17.6 Å². The molecule has 27 heavy (non-hydrogen) atoms. The predicted octanol–water partition coefficient (Wildman–Crippen LogP) is 1.54. The molecule has 1 saturated heterocycles. The van der Waals surface area contributed by atoms with Gasteiger partial charge in [0.2, 0.25) is 5.91 Å². The Morgan fingerprint density at radius 1 is 1.15 bits per heavy atom. The van der Waals surface area contributed by atoms with Gasteiger partial charge in [-0.2, -0.15) is 0 Å². The average molecular weight is 372 g/mol. The second-order valence-electron chi connectivity index (χ2n) is 6.23. The van der Waals surface area contributed by atoms with Crippen LogP contribution in [0.25, 0.3) is 0 Å². The van der Waals surface area contributed by atoms with E-state index in [1.807, 2.05) is 0 Å². The summed E-state index contributed by atoms with van der Waals surface area (Å²) in [6.07, 6.45) is 5.19. The van der Waals surface area contributed by atoms with Gasteiger partial charge >= 0.3 is 0 Å². The average Bonchev–Trinajstić information content (AvgIpc) is 2.72. The SMILES string of the molecule is COc1ccc(CCC(=O)N2CCN(C(=O)c3cnccn3)CC2)cc1F. The standard InChI is InChI=1S/C19H21FN4O3/c1-27-17-4-2-14(12-15(17)20)3-5-18(25)23-8-10-24(11-9-23)19(26)16-13-21-6-7-22-16/h2,4,6-7,12-13H,3,5,8-11H2,1H3. The van der Waals surface area contributed by atoms with Crippen LogP contribution in [-0.2, 0) is 11.2 Å². The summed E-state index contributed by atoms with van der Waals surface area (Å²) in [6.45, 7) is 1.86. The summed E-state index contributed by atoms with van der Waals surface area (Å²) in [5.41, 5.74) is 1.05. The molecule has 2 aromatic rings. The molecule has 0 spiro atoms. The summed E-state index contributed by atoms with van der Waals surface area (Å²) in [5.74, 6) is -0.422. The fraction of sp³-hybridized carbons (Fsp3) is 0.368. The van der Waals surface area contributed by atoms with Crippen LogP contribution in [0.3, 0.4) is 0 Å². The summed E-state index contributed by atoms with van der Waals surface area (Å²) in [4.78, 5) is 36.1. The monoisotopic (exact) mass is 372 g/mol. The Morgan fingerprint density at radius 3 is 2.52 bits per heavy atom. The molecule has 0 bridgehead atoms. The van der Waals surface area contributed by atoms with E-state index in [9.17, 15) is 14.0 Å². The molecule has 0 atom stereocenters. The third-order valence-corrected chi connectivity index (χ3v) is 4.55. The van der Waals surface area contributed by atoms with Crippen LogP contribution >= 0.6 is 0 Å². The van der Waals surface area contributed by atoms with Crippen molar-refractivity contribution in [2.24, 2.45) is 0 Å². The molecule has 0 aliphatic carbocycles. The number of carbonyl (C=O) groups excluding carboxylic acids is 2. The van der Waals surface area contributed by atoms with Crippen molar-refractivity contribution in [1.82, 2.24) is 19.8 Å². The lowest BCUT2D eigenvalue weighted by Crippen LogP contribution is -2.50. The Morgan fingerprint density at radius 2 is 1.89 bits per heavy atom. The smallest absolute Gasteiger partial charge is 0.274 e. The Balaban J connectivity index is 1.48. The molecule has 2 heterocycles. The third-order valence-electron chi connectivity index (χ3n) is 4.55. The number of carbonyl (C=O) groups is 2. The molecular weight excluding hydrogens is 351 g/mol. The van der Waals surface area contributed by atoms with Crippen LogP contribution in [0.15, 0.2) is 36.8 Å². The Labute approximate surface area is 156 Å². The molecule has 1 fully saturated rings. The number of ether oxygens (including phenoxy) is 1. The van der Waals surface area contributed by atoms with E-state index in [0.717, 1.165) is 5.56 Å². The highest BCUT2D eigenvalue weighted by Gasteiger charge is 2.25. The number of rotatable bonds is 5. The van der Waals surface area contributed by atoms with Gasteiger partial charge in [0.25, 0.3) is 5.91 Å². The van der Waals surface area contributed by atoms with E-state index >= 15 is 0 Å². The normalized spacial score (nSPS) is 14.1. The number of piperazine rings is 1. The molecule has 1 aliphatic heterocycles. The van der Waals surface area contributed by atoms with Gasteiger partial charge in [-0.1, -0.05) is 6.07 Å². The molecule has 1 aromatic carbocycles. The van der Waals surface area contributed by atoms with Crippen molar-refractivity contribution in [2.45, 2.75) is 12.8 Å². The maximum atomic E-state index is 13.7. The van der Waals surface area contributed by atoms with Crippen LogP contribution in [0.5, 0.6) is 5.75 Å². The van der Waals surface area contributed by atoms with Crippen molar-refractivity contribution in [2.75, 3.05) is 33.3 Å². The molecule has 0 N–H and O–H groups in total. The number of methoxy groups -OCH3 is 1. The first-order valence-corrected chi connectivity index (χ1v) is 8.74. The topological polar surface area (TPSA) is 75.6 Å². The van der Waals surface area contributed by atoms with Crippen molar-refractivity contribution < 1.29 is 18.7 Å². The van der Waals surface area contributed by atoms with Gasteiger partial charge in [0.1, 0.15) is 5.69 Å². The van der Waals surface area contributed by atoms with Crippen molar-refractivity contribution in [3.8, 4) is 5.75 Å². The van der Waals surface area contributed by atoms with Crippen LogP contribution in [-0.4, -0.2) is 64.9 Å². The molecule has 8 heteroatoms. The first-order chi connectivity index (χ1) is 13.1. The van der Waals surface area contributed by atoms with Crippen LogP contribution in [0, 0.1) is 5.82 Å². The van der Waals surface area contributed by atoms with Crippen molar-refractivity contribution in [3.63, 3.8) is 0 Å². The van der Waals surface area contributed by atoms with Gasteiger partial charge in [0.15, 0.2) is 11.6 Å². The number of nitrogens with zero attached hydrogens (tertiary/aromatic N) is 4. The van der Waals surface area contributed by atoms with Crippen LogP contribution in [0.2, 0.25) is 0 Å². The third kappa shape index (κ3) is 4.58. The van der Waals surface area contributed by atoms with E-state index in [2.05, 4.69) is 9.97 Å². The minimum Gasteiger partial charge on any atom is -0.494 e. The van der Waals surface area contributed by atoms with Crippen LogP contribution < -0.4 is 4.74 Å². The number of halogens is 1. The summed E-state index contributed by atoms with van der Waals surface area (Å²) >= 11 is 0. The van der Waals surface area contributed by atoms with Crippen LogP contribution in [0.4, 0.5) is 4.39 Å². The van der Waals surface area contributed by atoms with Crippen molar-refractivity contribution in [1.29, 1.82) is 0 Å². The number of aromatic nitrogens is 2. The lowest BCUT2D eigenvalue weighted by atomic mass is 10.1. The molecule has 1 aromatic heterocycles. The molecule has 0 saturated carbocycles. The van der Waals surface area contributed by atoms with Gasteiger partial charge in [-0.25, -0.2) is 9.37 Å². The lowest BCUT2D eigenvalue weighted by molar-refractivity contribution is -0.132. The molecule has 3 rings (SSSR count). The van der Waals surface area contributed by atoms with Gasteiger partial charge in [0.05, 0.1) is 13.3 Å². The Kier molecular flexibility index (Phi) is 5.95. The van der Waals surface area contributed by atoms with E-state index in [0.29, 0.717) is 44.7 Å². The lowest BCUT2D eigenvalue weighted by Gasteiger charge is -2.34. The summed E-state index contributed by atoms with van der Waals surface area (Å²) in [5, 5.41) is 0. The number of hydrogen-bond donors (Lipinski definition) is 0. The second-order valence-corrected chi connectivity index (χ2v) is 6.23. The van der Waals surface area contributed by atoms with Crippen LogP contribution in [0.1, 0.15) is 22.5 Å². The molecule has 0 unspecified atom stereocenters. The number of benzene rings is 1. The zero-order chi connectivity index (χ0) is 19.2. The largest absolute Gasteiger partial charge is 0.494 e. The minimum absolute atomic E-state index is 0.00201. The minimum atomic E-state index is -0.432. The molecule has 0 radical (unpaired) electrons. The first-order valence-electron chi connectivity index (χ1n) is 8.74. The molecule has 1 aliphatic rings. The van der Waals surface area contributed by atoms with Gasteiger partial charge < -0.3 is 14.5 Å². The van der Waals surface area contributed by atoms with E-state index < -0.39 is 5.82 Å². The highest BCUT2D eigenvalue weighted by atomic mass is 19.1. The second kappa shape index (κ2) is 8.57. The maximum absolute atomic E-state index is 13.7. The molecule has 2 amide bonds. The van der Waals surface area contributed by atoms with E-state index in [4.69, 9.17) is 4.74 Å². The van der Waals surface area contributed by atoms with Gasteiger partial charge in [-0.3, -0.25) is 14.6 Å². The van der Waals surface area contributed by atoms with Crippen molar-refractivity contribution in [3.05, 3.63) is 53.9 Å². The van der Waals surface area contributed by atoms with E-state index in [1.54, 1.807) is 21.9 Å². The predicted molar refractivity (Wildman–Crippen MR) is 95.8 cm³/mol. The summed E-state index contributed by atoms with van der Waals surface area (Å²) in [7, 11) is 1.41. The highest BCUT2D eigenvalue weighted by molar-refractivity contribution is 5.92. The molecular formula is C19H21FN4O3. The van der Waals surface area contributed by atoms with Gasteiger partial charge in [-0.05, 0) is 24.1 Å². The quantitative estimate of drug-likeness (QED) is 0.796. The maximum Gasteiger partial charge on any atom is 0.274 e. The zero-order valence-electron chi connectivity index (χ0n) is 15.1. The molecule has 142 valence electrons. The van der Waals surface area contributed by atoms with Gasteiger partial charge in [-0.15, -0.1) is 0 Å². The number of hydrogen-bond acceptors (Lipinski definition) is 5. The number of amides is 2. The Bertz CT molecular complexity index is 808.